The number of alkyl carbamates (subject to hydrolysis) is 1. The minimum atomic E-state index is -2.10. The third-order valence-electron chi connectivity index (χ3n) is 15.7. The van der Waals surface area contributed by atoms with Crippen molar-refractivity contribution in [3.8, 4) is 40.9 Å². The van der Waals surface area contributed by atoms with Gasteiger partial charge in [-0.15, -0.1) is 0 Å². The predicted molar refractivity (Wildman–Crippen MR) is 339 cm³/mol. The van der Waals surface area contributed by atoms with Crippen LogP contribution in [0.2, 0.25) is 0 Å². The molecule has 30 heteroatoms. The van der Waals surface area contributed by atoms with E-state index in [0.717, 1.165) is 18.9 Å². The van der Waals surface area contributed by atoms with Gasteiger partial charge >= 0.3 is 6.09 Å². The molecule has 2 bridgehead atoms. The number of carbonyl (C=O) groups excluding carboxylic acids is 4. The number of ether oxygens (including phenoxy) is 12. The van der Waals surface area contributed by atoms with Gasteiger partial charge < -0.3 is 93.0 Å². The van der Waals surface area contributed by atoms with Crippen molar-refractivity contribution in [1.29, 1.82) is 0 Å². The number of nitrogens with zero attached hydrogens (tertiary/aromatic N) is 1. The Morgan fingerprint density at radius 2 is 1.59 bits per heavy atom. The van der Waals surface area contributed by atoms with Crippen LogP contribution in [-0.4, -0.2) is 234 Å². The number of hydroxylamine groups is 1. The van der Waals surface area contributed by atoms with Crippen LogP contribution >= 0.6 is 55.9 Å². The summed E-state index contributed by atoms with van der Waals surface area (Å²) < 4.78 is 72.7. The van der Waals surface area contributed by atoms with Gasteiger partial charge in [0.05, 0.1) is 104 Å². The van der Waals surface area contributed by atoms with E-state index in [-0.39, 0.29) is 76.3 Å². The number of allylic oxidation sites excluding steroid dienone is 3. The molecule has 1 aromatic rings. The summed E-state index contributed by atoms with van der Waals surface area (Å²) in [5, 5.41) is 59.7. The van der Waals surface area contributed by atoms with Gasteiger partial charge in [0.2, 0.25) is 23.1 Å². The Bertz CT molecular complexity index is 2960. The van der Waals surface area contributed by atoms with E-state index in [0.29, 0.717) is 21.4 Å². The molecule has 26 nitrogen and oxygen atoms in total. The fraction of sp³-hybridized carbons (Fsp3) is 0.667. The maximum absolute atomic E-state index is 14.5. The number of nitrogens with two attached hydrogens (primary N) is 1. The molecule has 4 fully saturated rings. The first kappa shape index (κ1) is 73.6. The first-order valence-electron chi connectivity index (χ1n) is 29.1. The van der Waals surface area contributed by atoms with Gasteiger partial charge in [0, 0.05) is 55.3 Å². The fourth-order valence-electron chi connectivity index (χ4n) is 11.2. The van der Waals surface area contributed by atoms with Gasteiger partial charge in [-0.25, -0.2) is 4.79 Å². The van der Waals surface area contributed by atoms with Crippen LogP contribution in [0.25, 0.3) is 0 Å². The number of likely N-dealkylation sites (N-methyl/N-ethyl adjacent to an activating group) is 1. The van der Waals surface area contributed by atoms with E-state index < -0.39 is 139 Å². The van der Waals surface area contributed by atoms with Crippen LogP contribution in [0.1, 0.15) is 83.7 Å². The van der Waals surface area contributed by atoms with Crippen molar-refractivity contribution >= 4 is 78.8 Å². The number of rotatable bonds is 22. The number of halogens is 1. The summed E-state index contributed by atoms with van der Waals surface area (Å²) in [4.78, 5) is 62.4. The SMILES string of the molecule is CCN(C(=O)CN)C1COC(OC2C(O[C@H]3C#C/C=C\C#C[C@]4(O)CC(=O)C(NC(=O)OC)=C3/C4=C\CSSC(C)(C)C)OC(C)C(NOC3CC(O)C(SC(=O)c4c(C)c(I)c(OC5OC(C)C(O)C(OC)C5O)c(OC)c4OC)C(C)O3)C2O)CC1OC. The fourth-order valence-corrected chi connectivity index (χ4v) is 15.1. The molecule has 9 N–H and O–H groups in total. The third kappa shape index (κ3) is 17.0. The summed E-state index contributed by atoms with van der Waals surface area (Å²) in [6.07, 6.45) is -15.1. The number of Topliss-reactive ketones (excluding diaryl/α,β-unsaturated/α-hetero) is 1. The molecule has 2 amide bonds. The minimum absolute atomic E-state index is 0.0114. The van der Waals surface area contributed by atoms with E-state index in [1.54, 1.807) is 56.4 Å². The molecular weight excluding hydrogens is 1350 g/mol. The number of nitrogens with one attached hydrogen (secondary N) is 2. The molecule has 0 saturated carbocycles. The number of fused-ring (bicyclic) bond motifs is 2. The van der Waals surface area contributed by atoms with Gasteiger partial charge in [0.1, 0.15) is 36.6 Å². The molecule has 4 saturated heterocycles. The summed E-state index contributed by atoms with van der Waals surface area (Å²) in [7, 11) is 9.73. The molecule has 0 radical (unpaired) electrons. The number of benzene rings is 1. The lowest BCUT2D eigenvalue weighted by molar-refractivity contribution is -0.337. The molecule has 2 aliphatic carbocycles. The van der Waals surface area contributed by atoms with Crippen LogP contribution in [0.4, 0.5) is 4.79 Å². The van der Waals surface area contributed by atoms with Crippen LogP contribution < -0.4 is 30.7 Å². The van der Waals surface area contributed by atoms with Crippen LogP contribution in [-0.2, 0) is 57.1 Å². The Balaban J connectivity index is 1.15. The van der Waals surface area contributed by atoms with Crippen molar-refractivity contribution in [2.75, 3.05) is 61.0 Å². The lowest BCUT2D eigenvalue weighted by Crippen LogP contribution is -2.65. The highest BCUT2D eigenvalue weighted by Gasteiger charge is 2.52. The summed E-state index contributed by atoms with van der Waals surface area (Å²) in [6, 6.07) is -1.72. The number of methoxy groups -OCH3 is 5. The van der Waals surface area contributed by atoms with Crippen molar-refractivity contribution < 1.29 is 106 Å². The monoisotopic (exact) mass is 1430 g/mol. The zero-order chi connectivity index (χ0) is 66.1. The molecule has 4 heterocycles. The number of amides is 2. The average molecular weight is 1440 g/mol. The Labute approximate surface area is 549 Å². The second kappa shape index (κ2) is 32.5. The molecule has 1 aromatic carbocycles. The van der Waals surface area contributed by atoms with Crippen molar-refractivity contribution in [3.05, 3.63) is 49.8 Å². The highest BCUT2D eigenvalue weighted by atomic mass is 127. The van der Waals surface area contributed by atoms with Crippen molar-refractivity contribution in [2.24, 2.45) is 5.73 Å². The van der Waals surface area contributed by atoms with Gasteiger partial charge in [-0.1, -0.05) is 83.9 Å². The van der Waals surface area contributed by atoms with Crippen molar-refractivity contribution in [3.63, 3.8) is 0 Å². The molecule has 19 atom stereocenters. The molecule has 17 unspecified atom stereocenters. The molecule has 4 aliphatic heterocycles. The van der Waals surface area contributed by atoms with Crippen LogP contribution in [0, 0.1) is 34.2 Å². The zero-order valence-corrected chi connectivity index (χ0v) is 57.0. The topological polar surface area (TPSA) is 343 Å². The summed E-state index contributed by atoms with van der Waals surface area (Å²) in [5.41, 5.74) is 6.88. The van der Waals surface area contributed by atoms with E-state index in [1.165, 1.54) is 51.4 Å². The van der Waals surface area contributed by atoms with Gasteiger partial charge in [-0.05, 0) is 74.9 Å². The van der Waals surface area contributed by atoms with Crippen molar-refractivity contribution in [1.82, 2.24) is 15.7 Å². The first-order valence-corrected chi connectivity index (χ1v) is 33.4. The Hall–Kier alpha value is -3.82. The van der Waals surface area contributed by atoms with Gasteiger partial charge in [0.25, 0.3) is 0 Å². The van der Waals surface area contributed by atoms with E-state index in [9.17, 15) is 44.7 Å². The lowest BCUT2D eigenvalue weighted by atomic mass is 9.75. The molecule has 0 spiro atoms. The second-order valence-electron chi connectivity index (χ2n) is 22.8. The molecule has 6 aliphatic rings. The summed E-state index contributed by atoms with van der Waals surface area (Å²) in [6.45, 7) is 14.5. The molecule has 0 aromatic heterocycles. The smallest absolute Gasteiger partial charge is 0.411 e. The summed E-state index contributed by atoms with van der Waals surface area (Å²) in [5.74, 6) is 10.9. The lowest BCUT2D eigenvalue weighted by Gasteiger charge is -2.47. The quantitative estimate of drug-likeness (QED) is 0.0272. The predicted octanol–water partition coefficient (Wildman–Crippen LogP) is 2.92. The van der Waals surface area contributed by atoms with E-state index in [4.69, 9.17) is 67.4 Å². The number of aliphatic hydroxyl groups is 5. The van der Waals surface area contributed by atoms with Gasteiger partial charge in [0.15, 0.2) is 41.8 Å². The number of ketones is 1. The normalized spacial score (nSPS) is 34.4. The molecular formula is C60H83IN4O22S3. The highest BCUT2D eigenvalue weighted by Crippen LogP contribution is 2.49. The van der Waals surface area contributed by atoms with E-state index in [1.807, 2.05) is 43.4 Å². The van der Waals surface area contributed by atoms with Gasteiger partial charge in [-0.2, -0.15) is 5.48 Å². The second-order valence-corrected chi connectivity index (χ2v) is 28.2. The molecule has 500 valence electrons. The maximum Gasteiger partial charge on any atom is 0.411 e. The standard InChI is InChI=1S/C60H83IN4O22S3/c1-14-65(38(68)26-62)33-27-80-39(24-37(33)75-9)85-52-47(70)44(29(3)82-57(52)84-36-19-17-15-16-18-21-60(74)25-35(67)45(63-58(73)79-13)42(36)32(60)20-22-88-90-59(6,7)8)64-87-40-23-34(66)54(31(5)81-40)89-55(72)41-28(2)43(61)50(53(78-12)49(41)76-10)86-56-48(71)51(77-11)46(69)30(4)83-56/h15-16,20,29-31,33-34,36-37,39-40,44,46-48,51-52,54,56-57,64,66,69-71,74H,14,22-27,62H2,1-13H3,(H,63,73)/b16-15-,32-20+/t29?,30?,31?,33?,34?,36-,37?,39?,40?,44?,46?,47?,48?,51?,52?,54?,56?,57?,60-/m0/s1. The Kier molecular flexibility index (Phi) is 26.6. The first-order chi connectivity index (χ1) is 42.7. The minimum Gasteiger partial charge on any atom is -0.492 e. The van der Waals surface area contributed by atoms with Crippen LogP contribution in [0.3, 0.4) is 0 Å². The van der Waals surface area contributed by atoms with Crippen LogP contribution in [0.15, 0.2) is 35.1 Å². The van der Waals surface area contributed by atoms with E-state index in [2.05, 4.69) is 34.5 Å². The number of hydrogen-bond donors (Lipinski definition) is 8. The number of thioether (sulfide) groups is 1. The van der Waals surface area contributed by atoms with Crippen LogP contribution in [0.5, 0.6) is 17.2 Å². The highest BCUT2D eigenvalue weighted by molar-refractivity contribution is 14.1. The third-order valence-corrected chi connectivity index (χ3v) is 21.6. The average Bonchev–Trinajstić information content (AvgIpc) is 0.923. The summed E-state index contributed by atoms with van der Waals surface area (Å²) >= 11 is 2.80. The van der Waals surface area contributed by atoms with Gasteiger partial charge in [-0.3, -0.25) is 24.5 Å². The zero-order valence-electron chi connectivity index (χ0n) is 52.4. The Morgan fingerprint density at radius 3 is 2.22 bits per heavy atom. The number of carbonyl (C=O) groups is 4. The van der Waals surface area contributed by atoms with E-state index >= 15 is 0 Å². The number of hydrogen-bond acceptors (Lipinski definition) is 27. The van der Waals surface area contributed by atoms with Crippen molar-refractivity contribution in [2.45, 2.75) is 195 Å². The molecule has 7 rings (SSSR count). The maximum atomic E-state index is 14.5. The Morgan fingerprint density at radius 1 is 0.889 bits per heavy atom. The number of aliphatic hydroxyl groups excluding tert-OH is 4. The largest absolute Gasteiger partial charge is 0.492 e. The molecule has 90 heavy (non-hydrogen) atoms.